The van der Waals surface area contributed by atoms with E-state index in [2.05, 4.69) is 0 Å². The summed E-state index contributed by atoms with van der Waals surface area (Å²) in [7, 11) is 3.38. The molecule has 0 unspecified atom stereocenters. The number of ether oxygens (including phenoxy) is 1. The van der Waals surface area contributed by atoms with Crippen molar-refractivity contribution in [1.82, 2.24) is 4.90 Å². The SMILES string of the molecule is COCCN(C)C(=O)c1cccc(CN)c1. The Morgan fingerprint density at radius 3 is 2.88 bits per heavy atom. The van der Waals surface area contributed by atoms with E-state index in [-0.39, 0.29) is 5.91 Å². The zero-order chi connectivity index (χ0) is 12.0. The molecule has 0 fully saturated rings. The minimum absolute atomic E-state index is 0.00708. The summed E-state index contributed by atoms with van der Waals surface area (Å²) in [6, 6.07) is 7.38. The molecule has 0 heterocycles. The van der Waals surface area contributed by atoms with Crippen LogP contribution >= 0.6 is 0 Å². The van der Waals surface area contributed by atoms with Gasteiger partial charge in [-0.05, 0) is 17.7 Å². The van der Waals surface area contributed by atoms with Crippen molar-refractivity contribution < 1.29 is 9.53 Å². The van der Waals surface area contributed by atoms with E-state index in [1.54, 1.807) is 25.1 Å². The molecule has 4 heteroatoms. The van der Waals surface area contributed by atoms with Crippen LogP contribution in [0, 0.1) is 0 Å². The molecule has 0 aliphatic rings. The summed E-state index contributed by atoms with van der Waals surface area (Å²) in [4.78, 5) is 13.6. The van der Waals surface area contributed by atoms with E-state index in [1.807, 2.05) is 18.2 Å². The highest BCUT2D eigenvalue weighted by atomic mass is 16.5. The lowest BCUT2D eigenvalue weighted by Gasteiger charge is -2.16. The van der Waals surface area contributed by atoms with Crippen molar-refractivity contribution >= 4 is 5.91 Å². The molecule has 0 aliphatic carbocycles. The number of methoxy groups -OCH3 is 1. The molecule has 0 radical (unpaired) electrons. The first-order chi connectivity index (χ1) is 7.69. The van der Waals surface area contributed by atoms with E-state index in [0.717, 1.165) is 5.56 Å². The number of likely N-dealkylation sites (N-methyl/N-ethyl adjacent to an activating group) is 1. The van der Waals surface area contributed by atoms with E-state index in [1.165, 1.54) is 0 Å². The van der Waals surface area contributed by atoms with Crippen LogP contribution in [0.1, 0.15) is 15.9 Å². The molecular weight excluding hydrogens is 204 g/mol. The Labute approximate surface area is 96.0 Å². The molecule has 0 atom stereocenters. The third-order valence-corrected chi connectivity index (χ3v) is 2.39. The fraction of sp³-hybridized carbons (Fsp3) is 0.417. The molecule has 0 saturated carbocycles. The molecule has 0 saturated heterocycles. The predicted octanol–water partition coefficient (Wildman–Crippen LogP) is 0.864. The van der Waals surface area contributed by atoms with E-state index < -0.39 is 0 Å². The molecule has 0 spiro atoms. The highest BCUT2D eigenvalue weighted by Crippen LogP contribution is 2.07. The van der Waals surface area contributed by atoms with Crippen molar-refractivity contribution in [2.75, 3.05) is 27.3 Å². The molecular formula is C12H18N2O2. The summed E-state index contributed by atoms with van der Waals surface area (Å²) in [5, 5.41) is 0. The zero-order valence-electron chi connectivity index (χ0n) is 9.77. The zero-order valence-corrected chi connectivity index (χ0v) is 9.77. The van der Waals surface area contributed by atoms with Gasteiger partial charge in [0.05, 0.1) is 6.61 Å². The summed E-state index contributed by atoms with van der Waals surface area (Å²) in [6.07, 6.45) is 0. The molecule has 0 bridgehead atoms. The lowest BCUT2D eigenvalue weighted by Crippen LogP contribution is -2.30. The van der Waals surface area contributed by atoms with Crippen LogP contribution in [-0.2, 0) is 11.3 Å². The second-order valence-electron chi connectivity index (χ2n) is 3.62. The Balaban J connectivity index is 2.71. The first-order valence-corrected chi connectivity index (χ1v) is 5.22. The Hall–Kier alpha value is -1.39. The van der Waals surface area contributed by atoms with Crippen LogP contribution in [0.3, 0.4) is 0 Å². The molecule has 1 aromatic rings. The van der Waals surface area contributed by atoms with Gasteiger partial charge in [-0.25, -0.2) is 0 Å². The van der Waals surface area contributed by atoms with Gasteiger partial charge in [-0.3, -0.25) is 4.79 Å². The van der Waals surface area contributed by atoms with Gasteiger partial charge in [0.25, 0.3) is 5.91 Å². The standard InChI is InChI=1S/C12H18N2O2/c1-14(6-7-16-2)12(15)11-5-3-4-10(8-11)9-13/h3-5,8H,6-7,9,13H2,1-2H3. The Morgan fingerprint density at radius 1 is 1.50 bits per heavy atom. The molecule has 1 aromatic carbocycles. The van der Waals surface area contributed by atoms with Crippen molar-refractivity contribution in [2.45, 2.75) is 6.54 Å². The first kappa shape index (κ1) is 12.7. The molecule has 16 heavy (non-hydrogen) atoms. The number of benzene rings is 1. The van der Waals surface area contributed by atoms with Crippen molar-refractivity contribution in [1.29, 1.82) is 0 Å². The molecule has 88 valence electrons. The van der Waals surface area contributed by atoms with E-state index >= 15 is 0 Å². The summed E-state index contributed by atoms with van der Waals surface area (Å²) >= 11 is 0. The number of hydrogen-bond acceptors (Lipinski definition) is 3. The van der Waals surface area contributed by atoms with Gasteiger partial charge in [0, 0.05) is 32.8 Å². The number of carbonyl (C=O) groups is 1. The maximum Gasteiger partial charge on any atom is 0.253 e. The lowest BCUT2D eigenvalue weighted by atomic mass is 10.1. The van der Waals surface area contributed by atoms with E-state index in [0.29, 0.717) is 25.3 Å². The highest BCUT2D eigenvalue weighted by molar-refractivity contribution is 5.94. The van der Waals surface area contributed by atoms with Crippen molar-refractivity contribution in [3.05, 3.63) is 35.4 Å². The van der Waals surface area contributed by atoms with Gasteiger partial charge in [-0.1, -0.05) is 12.1 Å². The largest absolute Gasteiger partial charge is 0.383 e. The summed E-state index contributed by atoms with van der Waals surface area (Å²) < 4.78 is 4.93. The maximum absolute atomic E-state index is 11.9. The highest BCUT2D eigenvalue weighted by Gasteiger charge is 2.11. The van der Waals surface area contributed by atoms with Crippen LogP contribution < -0.4 is 5.73 Å². The fourth-order valence-electron chi connectivity index (χ4n) is 1.38. The smallest absolute Gasteiger partial charge is 0.253 e. The van der Waals surface area contributed by atoms with Crippen LogP contribution in [0.15, 0.2) is 24.3 Å². The van der Waals surface area contributed by atoms with Gasteiger partial charge in [0.1, 0.15) is 0 Å². The van der Waals surface area contributed by atoms with Crippen LogP contribution in [0.5, 0.6) is 0 Å². The summed E-state index contributed by atoms with van der Waals surface area (Å²) in [6.45, 7) is 1.57. The number of nitrogens with two attached hydrogens (primary N) is 1. The molecule has 0 aromatic heterocycles. The van der Waals surface area contributed by atoms with E-state index in [4.69, 9.17) is 10.5 Å². The average Bonchev–Trinajstić information content (AvgIpc) is 2.35. The molecule has 4 nitrogen and oxygen atoms in total. The van der Waals surface area contributed by atoms with Gasteiger partial charge in [-0.15, -0.1) is 0 Å². The van der Waals surface area contributed by atoms with Gasteiger partial charge >= 0.3 is 0 Å². The number of rotatable bonds is 5. The van der Waals surface area contributed by atoms with E-state index in [9.17, 15) is 4.79 Å². The minimum atomic E-state index is -0.00708. The molecule has 0 aliphatic heterocycles. The minimum Gasteiger partial charge on any atom is -0.383 e. The van der Waals surface area contributed by atoms with Gasteiger partial charge in [0.2, 0.25) is 0 Å². The van der Waals surface area contributed by atoms with Crippen molar-refractivity contribution in [3.63, 3.8) is 0 Å². The molecule has 1 amide bonds. The molecule has 1 rings (SSSR count). The fourth-order valence-corrected chi connectivity index (χ4v) is 1.38. The van der Waals surface area contributed by atoms with Crippen molar-refractivity contribution in [2.24, 2.45) is 5.73 Å². The predicted molar refractivity (Wildman–Crippen MR) is 63.2 cm³/mol. The first-order valence-electron chi connectivity index (χ1n) is 5.22. The number of nitrogens with zero attached hydrogens (tertiary/aromatic N) is 1. The Morgan fingerprint density at radius 2 is 2.25 bits per heavy atom. The second kappa shape index (κ2) is 6.25. The monoisotopic (exact) mass is 222 g/mol. The van der Waals surface area contributed by atoms with Crippen LogP contribution in [0.4, 0.5) is 0 Å². The Bertz CT molecular complexity index is 353. The van der Waals surface area contributed by atoms with Crippen LogP contribution in [0.2, 0.25) is 0 Å². The van der Waals surface area contributed by atoms with Crippen molar-refractivity contribution in [3.8, 4) is 0 Å². The number of hydrogen-bond donors (Lipinski definition) is 1. The number of carbonyl (C=O) groups excluding carboxylic acids is 1. The third-order valence-electron chi connectivity index (χ3n) is 2.39. The summed E-state index contributed by atoms with van der Waals surface area (Å²) in [5.41, 5.74) is 7.16. The van der Waals surface area contributed by atoms with Crippen LogP contribution in [0.25, 0.3) is 0 Å². The lowest BCUT2D eigenvalue weighted by molar-refractivity contribution is 0.0744. The third kappa shape index (κ3) is 3.32. The van der Waals surface area contributed by atoms with Gasteiger partial charge < -0.3 is 15.4 Å². The second-order valence-corrected chi connectivity index (χ2v) is 3.62. The maximum atomic E-state index is 11.9. The van der Waals surface area contributed by atoms with Crippen LogP contribution in [-0.4, -0.2) is 38.1 Å². The average molecular weight is 222 g/mol. The topological polar surface area (TPSA) is 55.6 Å². The van der Waals surface area contributed by atoms with Gasteiger partial charge in [0.15, 0.2) is 0 Å². The van der Waals surface area contributed by atoms with Gasteiger partial charge in [-0.2, -0.15) is 0 Å². The summed E-state index contributed by atoms with van der Waals surface area (Å²) in [5.74, 6) is -0.00708. The Kier molecular flexibility index (Phi) is 4.95. The normalized spacial score (nSPS) is 10.2. The quantitative estimate of drug-likeness (QED) is 0.804. The number of amides is 1. The molecule has 2 N–H and O–H groups in total.